The van der Waals surface area contributed by atoms with Crippen molar-refractivity contribution < 1.29 is 14.3 Å². The predicted octanol–water partition coefficient (Wildman–Crippen LogP) is 1.95. The molecule has 0 spiro atoms. The summed E-state index contributed by atoms with van der Waals surface area (Å²) < 4.78 is 6.81. The van der Waals surface area contributed by atoms with Crippen molar-refractivity contribution in [1.82, 2.24) is 20.2 Å². The van der Waals surface area contributed by atoms with Crippen LogP contribution in [-0.2, 0) is 12.8 Å². The molecule has 102 valence electrons. The highest BCUT2D eigenvalue weighted by Crippen LogP contribution is 2.25. The van der Waals surface area contributed by atoms with Gasteiger partial charge >= 0.3 is 5.97 Å². The fourth-order valence-electron chi connectivity index (χ4n) is 1.78. The first kappa shape index (κ1) is 12.7. The maximum absolute atomic E-state index is 10.9. The van der Waals surface area contributed by atoms with E-state index in [0.717, 1.165) is 16.1 Å². The second kappa shape index (κ2) is 4.97. The van der Waals surface area contributed by atoms with E-state index in [1.807, 2.05) is 12.1 Å². The number of carboxylic acids is 1. The van der Waals surface area contributed by atoms with Crippen LogP contribution in [-0.4, -0.2) is 31.3 Å². The van der Waals surface area contributed by atoms with Crippen molar-refractivity contribution in [3.63, 3.8) is 0 Å². The van der Waals surface area contributed by atoms with Gasteiger partial charge in [-0.3, -0.25) is 0 Å². The number of furan rings is 1. The number of carbonyl (C=O) groups is 1. The van der Waals surface area contributed by atoms with E-state index in [4.69, 9.17) is 9.52 Å². The van der Waals surface area contributed by atoms with Crippen LogP contribution in [0.4, 0.5) is 0 Å². The molecular formula is C12H10N4O3S. The molecule has 0 bridgehead atoms. The number of benzene rings is 1. The van der Waals surface area contributed by atoms with Crippen LogP contribution in [0.5, 0.6) is 0 Å². The summed E-state index contributed by atoms with van der Waals surface area (Å²) in [7, 11) is 1.78. The van der Waals surface area contributed by atoms with Crippen molar-refractivity contribution in [2.45, 2.75) is 10.9 Å². The molecule has 2 aromatic heterocycles. The molecule has 0 atom stereocenters. The molecule has 0 saturated heterocycles. The third kappa shape index (κ3) is 2.37. The van der Waals surface area contributed by atoms with E-state index in [1.165, 1.54) is 17.8 Å². The van der Waals surface area contributed by atoms with Crippen LogP contribution in [0.1, 0.15) is 16.1 Å². The molecular weight excluding hydrogens is 280 g/mol. The Bertz CT molecular complexity index is 780. The number of nitrogens with zero attached hydrogens (tertiary/aromatic N) is 4. The van der Waals surface area contributed by atoms with Crippen LogP contribution in [0.3, 0.4) is 0 Å². The molecule has 20 heavy (non-hydrogen) atoms. The highest BCUT2D eigenvalue weighted by Gasteiger charge is 2.11. The van der Waals surface area contributed by atoms with Crippen LogP contribution in [0.25, 0.3) is 11.0 Å². The largest absolute Gasteiger partial charge is 0.475 e. The fraction of sp³-hybridized carbons (Fsp3) is 0.167. The minimum absolute atomic E-state index is 0.0534. The molecule has 0 aliphatic rings. The maximum Gasteiger partial charge on any atom is 0.371 e. The van der Waals surface area contributed by atoms with Gasteiger partial charge in [0.1, 0.15) is 5.58 Å². The fourth-order valence-corrected chi connectivity index (χ4v) is 2.57. The molecule has 0 fully saturated rings. The topological polar surface area (TPSA) is 94.0 Å². The van der Waals surface area contributed by atoms with E-state index in [-0.39, 0.29) is 5.76 Å². The van der Waals surface area contributed by atoms with Crippen LogP contribution >= 0.6 is 11.8 Å². The number of hydrogen-bond acceptors (Lipinski definition) is 6. The van der Waals surface area contributed by atoms with Gasteiger partial charge in [0.25, 0.3) is 0 Å². The van der Waals surface area contributed by atoms with Gasteiger partial charge in [-0.2, -0.15) is 0 Å². The first-order chi connectivity index (χ1) is 9.63. The van der Waals surface area contributed by atoms with Crippen molar-refractivity contribution in [3.05, 3.63) is 35.6 Å². The van der Waals surface area contributed by atoms with E-state index in [2.05, 4.69) is 15.5 Å². The Hall–Kier alpha value is -2.35. The lowest BCUT2D eigenvalue weighted by atomic mass is 10.2. The molecule has 1 aromatic carbocycles. The smallest absolute Gasteiger partial charge is 0.371 e. The first-order valence-corrected chi connectivity index (χ1v) is 6.73. The normalized spacial score (nSPS) is 11.1. The number of rotatable bonds is 4. The zero-order valence-corrected chi connectivity index (χ0v) is 11.3. The van der Waals surface area contributed by atoms with Gasteiger partial charge in [0, 0.05) is 18.2 Å². The van der Waals surface area contributed by atoms with Crippen LogP contribution < -0.4 is 0 Å². The number of aryl methyl sites for hydroxylation is 1. The minimum Gasteiger partial charge on any atom is -0.475 e. The Morgan fingerprint density at radius 2 is 2.30 bits per heavy atom. The summed E-state index contributed by atoms with van der Waals surface area (Å²) in [5.74, 6) is -0.429. The SMILES string of the molecule is Cn1nnnc1SCc1ccc2oc(C(=O)O)cc2c1. The van der Waals surface area contributed by atoms with E-state index in [9.17, 15) is 4.79 Å². The van der Waals surface area contributed by atoms with Gasteiger partial charge in [-0.25, -0.2) is 9.48 Å². The molecule has 8 heteroatoms. The predicted molar refractivity (Wildman–Crippen MR) is 71.5 cm³/mol. The van der Waals surface area contributed by atoms with Gasteiger partial charge in [-0.15, -0.1) is 5.10 Å². The zero-order chi connectivity index (χ0) is 14.1. The molecule has 0 unspecified atom stereocenters. The number of tetrazole rings is 1. The molecule has 3 aromatic rings. The monoisotopic (exact) mass is 290 g/mol. The average Bonchev–Trinajstić information content (AvgIpc) is 3.01. The Kier molecular flexibility index (Phi) is 3.15. The van der Waals surface area contributed by atoms with Gasteiger partial charge in [0.2, 0.25) is 10.9 Å². The minimum atomic E-state index is -1.07. The quantitative estimate of drug-likeness (QED) is 0.734. The number of aromatic carboxylic acids is 1. The Labute approximate surface area is 117 Å². The van der Waals surface area contributed by atoms with Gasteiger partial charge in [0.05, 0.1) is 0 Å². The summed E-state index contributed by atoms with van der Waals surface area (Å²) in [6.07, 6.45) is 0. The van der Waals surface area contributed by atoms with E-state index >= 15 is 0 Å². The first-order valence-electron chi connectivity index (χ1n) is 5.74. The zero-order valence-electron chi connectivity index (χ0n) is 10.5. The Balaban J connectivity index is 1.82. The van der Waals surface area contributed by atoms with E-state index in [0.29, 0.717) is 11.3 Å². The third-order valence-corrected chi connectivity index (χ3v) is 3.82. The summed E-state index contributed by atoms with van der Waals surface area (Å²) >= 11 is 1.51. The maximum atomic E-state index is 10.9. The van der Waals surface area contributed by atoms with Crippen LogP contribution in [0.15, 0.2) is 33.8 Å². The average molecular weight is 290 g/mol. The molecule has 0 amide bonds. The number of thioether (sulfide) groups is 1. The number of aromatic nitrogens is 4. The molecule has 0 aliphatic carbocycles. The van der Waals surface area contributed by atoms with Crippen molar-refractivity contribution >= 4 is 28.7 Å². The second-order valence-corrected chi connectivity index (χ2v) is 5.10. The van der Waals surface area contributed by atoms with Crippen LogP contribution in [0, 0.1) is 0 Å². The van der Waals surface area contributed by atoms with E-state index < -0.39 is 5.97 Å². The lowest BCUT2D eigenvalue weighted by Gasteiger charge is -2.00. The second-order valence-electron chi connectivity index (χ2n) is 4.16. The summed E-state index contributed by atoms with van der Waals surface area (Å²) in [5.41, 5.74) is 1.61. The van der Waals surface area contributed by atoms with E-state index in [1.54, 1.807) is 17.8 Å². The molecule has 0 aliphatic heterocycles. The van der Waals surface area contributed by atoms with Crippen molar-refractivity contribution in [1.29, 1.82) is 0 Å². The molecule has 3 rings (SSSR count). The van der Waals surface area contributed by atoms with Crippen molar-refractivity contribution in [3.8, 4) is 0 Å². The summed E-state index contributed by atoms with van der Waals surface area (Å²) in [4.78, 5) is 10.9. The molecule has 0 radical (unpaired) electrons. The van der Waals surface area contributed by atoms with Gasteiger partial charge in [0.15, 0.2) is 0 Å². The highest BCUT2D eigenvalue weighted by molar-refractivity contribution is 7.98. The van der Waals surface area contributed by atoms with Crippen molar-refractivity contribution in [2.75, 3.05) is 0 Å². The summed E-state index contributed by atoms with van der Waals surface area (Å²) in [6, 6.07) is 7.10. The van der Waals surface area contributed by atoms with Crippen LogP contribution in [0.2, 0.25) is 0 Å². The van der Waals surface area contributed by atoms with Gasteiger partial charge < -0.3 is 9.52 Å². The molecule has 1 N–H and O–H groups in total. The van der Waals surface area contributed by atoms with Crippen molar-refractivity contribution in [2.24, 2.45) is 7.05 Å². The molecule has 0 saturated carbocycles. The third-order valence-electron chi connectivity index (χ3n) is 2.74. The lowest BCUT2D eigenvalue weighted by Crippen LogP contribution is -1.93. The Morgan fingerprint density at radius 1 is 1.45 bits per heavy atom. The highest BCUT2D eigenvalue weighted by atomic mass is 32.2. The summed E-state index contributed by atoms with van der Waals surface area (Å²) in [6.45, 7) is 0. The number of carboxylic acid groups (broad SMARTS) is 1. The summed E-state index contributed by atoms with van der Waals surface area (Å²) in [5, 5.41) is 21.6. The number of fused-ring (bicyclic) bond motifs is 1. The standard InChI is InChI=1S/C12H10N4O3S/c1-16-12(13-14-15-16)20-6-7-2-3-9-8(4-7)5-10(19-9)11(17)18/h2-5H,6H2,1H3,(H,17,18). The van der Waals surface area contributed by atoms with Gasteiger partial charge in [-0.1, -0.05) is 17.8 Å². The van der Waals surface area contributed by atoms with Gasteiger partial charge in [-0.05, 0) is 34.2 Å². The number of hydrogen-bond donors (Lipinski definition) is 1. The molecule has 7 nitrogen and oxygen atoms in total. The lowest BCUT2D eigenvalue weighted by molar-refractivity contribution is 0.0665. The molecule has 2 heterocycles. The Morgan fingerprint density at radius 3 is 3.00 bits per heavy atom.